The first kappa shape index (κ1) is 38.3. The Balaban J connectivity index is 0.914. The van der Waals surface area contributed by atoms with E-state index in [2.05, 4.69) is 10.3 Å². The molecule has 1 aromatic heterocycles. The average molecular weight is 792 g/mol. The monoisotopic (exact) mass is 791 g/mol. The summed E-state index contributed by atoms with van der Waals surface area (Å²) in [5.41, 5.74) is 1.17. The molecule has 20 heteroatoms. The molecule has 5 atom stereocenters. The summed E-state index contributed by atoms with van der Waals surface area (Å²) in [6.07, 6.45) is 0.275. The molecular formula is C36H37N7O12S. The number of aliphatic hydroxyl groups is 1. The van der Waals surface area contributed by atoms with E-state index in [4.69, 9.17) is 13.9 Å². The number of carbonyl (C=O) groups is 4. The zero-order valence-corrected chi connectivity index (χ0v) is 31.0. The highest BCUT2D eigenvalue weighted by Crippen LogP contribution is 2.52. The van der Waals surface area contributed by atoms with E-state index in [1.54, 1.807) is 6.92 Å². The van der Waals surface area contributed by atoms with Gasteiger partial charge in [-0.25, -0.2) is 9.59 Å². The van der Waals surface area contributed by atoms with Gasteiger partial charge in [-0.3, -0.25) is 29.8 Å². The molecule has 3 amide bonds. The number of thioether (sulfide) groups is 1. The minimum absolute atomic E-state index is 0.0301. The van der Waals surface area contributed by atoms with Crippen molar-refractivity contribution in [1.29, 1.82) is 0 Å². The summed E-state index contributed by atoms with van der Waals surface area (Å²) in [6.45, 7) is 4.76. The topological polar surface area (TPSA) is 241 Å². The number of aromatic nitrogens is 1. The molecular weight excluding hydrogens is 754 g/mol. The Morgan fingerprint density at radius 1 is 1.00 bits per heavy atom. The van der Waals surface area contributed by atoms with Crippen LogP contribution < -0.4 is 10.2 Å². The largest absolute Gasteiger partial charge is 0.456 e. The molecule has 3 saturated heterocycles. The second kappa shape index (κ2) is 15.6. The second-order valence-corrected chi connectivity index (χ2v) is 15.4. The number of nitrogens with zero attached hydrogens (tertiary/aromatic N) is 6. The molecule has 0 saturated carbocycles. The zero-order valence-electron chi connectivity index (χ0n) is 30.1. The Morgan fingerprint density at radius 2 is 1.61 bits per heavy atom. The molecule has 0 radical (unpaired) electrons. The van der Waals surface area contributed by atoms with Gasteiger partial charge in [-0.2, -0.15) is 4.98 Å². The summed E-state index contributed by atoms with van der Waals surface area (Å²) in [5.74, 6) is -2.46. The Morgan fingerprint density at radius 3 is 2.20 bits per heavy atom. The van der Waals surface area contributed by atoms with Crippen LogP contribution in [-0.4, -0.2) is 103 Å². The lowest BCUT2D eigenvalue weighted by Gasteiger charge is -2.46. The first-order valence-electron chi connectivity index (χ1n) is 17.8. The number of non-ortho nitro benzene ring substituents is 2. The normalized spacial score (nSPS) is 22.3. The number of likely N-dealkylation sites (tertiary alicyclic amines) is 1. The Hall–Kier alpha value is -6.02. The molecule has 0 bridgehead atoms. The lowest BCUT2D eigenvalue weighted by Crippen LogP contribution is -2.63. The van der Waals surface area contributed by atoms with Crippen LogP contribution in [0, 0.1) is 32.1 Å². The van der Waals surface area contributed by atoms with Crippen LogP contribution in [0.25, 0.3) is 0 Å². The second-order valence-electron chi connectivity index (χ2n) is 14.0. The SMILES string of the molecule is C[C@@H](O)[C@H]1C(=O)N2C(C(=O)OCc3ccc([N+](=O)[O-])cc3)=C(SC3CN(c4nc(C(=O)N[C@@H]5CCN(C(=O)OCc6ccc([N+](=O)[O-])cc6)C5)co4)C3)[C@H](C)[C@H]12. The molecule has 0 unspecified atom stereocenters. The summed E-state index contributed by atoms with van der Waals surface area (Å²) in [5, 5.41) is 35.0. The number of carbonyl (C=O) groups excluding carboxylic acids is 4. The van der Waals surface area contributed by atoms with Crippen molar-refractivity contribution in [3.05, 3.63) is 102 Å². The molecule has 3 fully saturated rings. The van der Waals surface area contributed by atoms with E-state index in [1.165, 1.54) is 76.4 Å². The van der Waals surface area contributed by atoms with Gasteiger partial charge in [-0.1, -0.05) is 6.92 Å². The molecule has 5 heterocycles. The van der Waals surface area contributed by atoms with Crippen LogP contribution in [0.15, 0.2) is 69.8 Å². The highest BCUT2D eigenvalue weighted by molar-refractivity contribution is 8.03. The minimum atomic E-state index is -0.908. The summed E-state index contributed by atoms with van der Waals surface area (Å²) < 4.78 is 16.5. The highest BCUT2D eigenvalue weighted by Gasteiger charge is 2.60. The van der Waals surface area contributed by atoms with E-state index >= 15 is 0 Å². The number of amides is 3. The Bertz CT molecular complexity index is 2080. The molecule has 7 rings (SSSR count). The standard InChI is InChI=1S/C36H37N7O12S/c1-19-29-28(20(2)44)33(46)41(29)30(34(47)53-16-21-3-7-24(8-4-21)42(49)50)31(19)56-26-14-40(15-26)35-38-27(18-54-35)32(45)37-23-11-12-39(13-23)36(48)55-17-22-5-9-25(10-6-22)43(51)52/h3-10,18-20,23,26,28-29,44H,11-17H2,1-2H3,(H,37,45)/t19-,20-,23-,28-,29-/m1/s1. The van der Waals surface area contributed by atoms with Crippen LogP contribution in [0.2, 0.25) is 0 Å². The van der Waals surface area contributed by atoms with Gasteiger partial charge in [0.1, 0.15) is 25.2 Å². The minimum Gasteiger partial charge on any atom is -0.456 e. The molecule has 2 aromatic carbocycles. The molecule has 294 valence electrons. The number of benzene rings is 2. The predicted molar refractivity (Wildman–Crippen MR) is 196 cm³/mol. The Labute approximate surface area is 322 Å². The maximum atomic E-state index is 13.5. The van der Waals surface area contributed by atoms with Crippen LogP contribution in [0.4, 0.5) is 22.2 Å². The lowest BCUT2D eigenvalue weighted by atomic mass is 9.79. The van der Waals surface area contributed by atoms with Gasteiger partial charge < -0.3 is 39.0 Å². The number of β-lactam (4-membered cyclic amide) rings is 1. The van der Waals surface area contributed by atoms with Gasteiger partial charge in [0, 0.05) is 72.6 Å². The average Bonchev–Trinajstić information content (AvgIpc) is 3.89. The van der Waals surface area contributed by atoms with Crippen LogP contribution in [-0.2, 0) is 32.3 Å². The quantitative estimate of drug-likeness (QED) is 0.109. The maximum absolute atomic E-state index is 13.5. The fourth-order valence-corrected chi connectivity index (χ4v) is 8.73. The maximum Gasteiger partial charge on any atom is 0.410 e. The van der Waals surface area contributed by atoms with E-state index in [9.17, 15) is 44.5 Å². The molecule has 19 nitrogen and oxygen atoms in total. The van der Waals surface area contributed by atoms with Gasteiger partial charge in [0.15, 0.2) is 5.69 Å². The third-order valence-corrected chi connectivity index (χ3v) is 11.7. The number of nitro benzene ring substituents is 2. The zero-order chi connectivity index (χ0) is 39.8. The van der Waals surface area contributed by atoms with Crippen molar-refractivity contribution < 1.29 is 48.0 Å². The van der Waals surface area contributed by atoms with Crippen molar-refractivity contribution in [2.45, 2.75) is 56.9 Å². The molecule has 3 aromatic rings. The number of nitro groups is 2. The van der Waals surface area contributed by atoms with Crippen LogP contribution >= 0.6 is 11.8 Å². The number of nitrogens with one attached hydrogen (secondary N) is 1. The third-order valence-electron chi connectivity index (χ3n) is 10.2. The Kier molecular flexibility index (Phi) is 10.7. The van der Waals surface area contributed by atoms with Gasteiger partial charge in [-0.15, -0.1) is 11.8 Å². The number of fused-ring (bicyclic) bond motifs is 1. The number of hydrogen-bond acceptors (Lipinski definition) is 15. The van der Waals surface area contributed by atoms with Gasteiger partial charge in [0.05, 0.1) is 27.9 Å². The molecule has 0 spiro atoms. The first-order chi connectivity index (χ1) is 26.8. The molecule has 0 aliphatic carbocycles. The number of ether oxygens (including phenoxy) is 2. The number of aliphatic hydroxyl groups excluding tert-OH is 1. The summed E-state index contributed by atoms with van der Waals surface area (Å²) in [4.78, 5) is 82.8. The lowest BCUT2D eigenvalue weighted by molar-refractivity contribution is -0.385. The number of esters is 1. The number of hydrogen-bond donors (Lipinski definition) is 2. The van der Waals surface area contributed by atoms with E-state index in [0.29, 0.717) is 42.1 Å². The van der Waals surface area contributed by atoms with Crippen molar-refractivity contribution in [1.82, 2.24) is 20.1 Å². The third kappa shape index (κ3) is 7.61. The van der Waals surface area contributed by atoms with Crippen LogP contribution in [0.3, 0.4) is 0 Å². The number of rotatable bonds is 13. The van der Waals surface area contributed by atoms with Gasteiger partial charge >= 0.3 is 12.1 Å². The van der Waals surface area contributed by atoms with Crippen molar-refractivity contribution in [2.24, 2.45) is 11.8 Å². The summed E-state index contributed by atoms with van der Waals surface area (Å²) >= 11 is 1.44. The number of anilines is 1. The van der Waals surface area contributed by atoms with Gasteiger partial charge in [0.25, 0.3) is 23.3 Å². The smallest absolute Gasteiger partial charge is 0.410 e. The van der Waals surface area contributed by atoms with Gasteiger partial charge in [-0.05, 0) is 48.7 Å². The van der Waals surface area contributed by atoms with Crippen molar-refractivity contribution in [3.8, 4) is 0 Å². The predicted octanol–water partition coefficient (Wildman–Crippen LogP) is 3.37. The highest BCUT2D eigenvalue weighted by atomic mass is 32.2. The van der Waals surface area contributed by atoms with Crippen molar-refractivity contribution in [2.75, 3.05) is 31.1 Å². The van der Waals surface area contributed by atoms with E-state index in [-0.39, 0.29) is 71.7 Å². The molecule has 4 aliphatic rings. The first-order valence-corrected chi connectivity index (χ1v) is 18.7. The van der Waals surface area contributed by atoms with Crippen molar-refractivity contribution in [3.63, 3.8) is 0 Å². The van der Waals surface area contributed by atoms with Crippen LogP contribution in [0.1, 0.15) is 41.9 Å². The molecule has 2 N–H and O–H groups in total. The van der Waals surface area contributed by atoms with E-state index < -0.39 is 45.9 Å². The van der Waals surface area contributed by atoms with Crippen LogP contribution in [0.5, 0.6) is 0 Å². The van der Waals surface area contributed by atoms with E-state index in [1.807, 2.05) is 11.8 Å². The number of oxazole rings is 1. The fraction of sp³-hybridized carbons (Fsp3) is 0.417. The fourth-order valence-electron chi connectivity index (χ4n) is 7.22. The summed E-state index contributed by atoms with van der Waals surface area (Å²) in [6, 6.07) is 10.8. The molecule has 56 heavy (non-hydrogen) atoms. The summed E-state index contributed by atoms with van der Waals surface area (Å²) in [7, 11) is 0. The van der Waals surface area contributed by atoms with E-state index in [0.717, 1.165) is 0 Å². The van der Waals surface area contributed by atoms with Gasteiger partial charge in [0.2, 0.25) is 5.91 Å². The van der Waals surface area contributed by atoms with Crippen molar-refractivity contribution >= 4 is 53.0 Å². The molecule has 4 aliphatic heterocycles.